The van der Waals surface area contributed by atoms with Gasteiger partial charge in [-0.25, -0.2) is 0 Å². The van der Waals surface area contributed by atoms with Crippen molar-refractivity contribution in [3.05, 3.63) is 11.8 Å². The van der Waals surface area contributed by atoms with Crippen LogP contribution >= 0.6 is 0 Å². The molecule has 5 nitrogen and oxygen atoms in total. The SMILES string of the molecule is CC(C)c1nnc(C(O)[C@@H](N)C(C)C)o1. The van der Waals surface area contributed by atoms with Crippen molar-refractivity contribution in [1.29, 1.82) is 0 Å². The normalized spacial score (nSPS) is 16.0. The molecule has 3 N–H and O–H groups in total. The predicted octanol–water partition coefficient (Wildman–Crippen LogP) is 1.21. The van der Waals surface area contributed by atoms with Crippen LogP contribution in [0, 0.1) is 5.92 Å². The molecule has 2 atom stereocenters. The van der Waals surface area contributed by atoms with Crippen LogP contribution < -0.4 is 5.73 Å². The first-order valence-electron chi connectivity index (χ1n) is 5.20. The van der Waals surface area contributed by atoms with E-state index in [-0.39, 0.29) is 23.8 Å². The van der Waals surface area contributed by atoms with Crippen LogP contribution in [0.25, 0.3) is 0 Å². The van der Waals surface area contributed by atoms with Crippen molar-refractivity contribution in [2.45, 2.75) is 45.8 Å². The van der Waals surface area contributed by atoms with Crippen LogP contribution in [0.5, 0.6) is 0 Å². The largest absolute Gasteiger partial charge is 0.422 e. The van der Waals surface area contributed by atoms with Gasteiger partial charge in [0.1, 0.15) is 6.10 Å². The Balaban J connectivity index is 2.78. The van der Waals surface area contributed by atoms with E-state index in [0.29, 0.717) is 5.89 Å². The minimum absolute atomic E-state index is 0.161. The summed E-state index contributed by atoms with van der Waals surface area (Å²) in [5.74, 6) is 1.06. The van der Waals surface area contributed by atoms with Crippen LogP contribution in [-0.2, 0) is 0 Å². The molecular formula is C10H19N3O2. The van der Waals surface area contributed by atoms with E-state index in [1.54, 1.807) is 0 Å². The van der Waals surface area contributed by atoms with Gasteiger partial charge in [-0.15, -0.1) is 10.2 Å². The van der Waals surface area contributed by atoms with Gasteiger partial charge in [0.25, 0.3) is 0 Å². The highest BCUT2D eigenvalue weighted by atomic mass is 16.4. The van der Waals surface area contributed by atoms with Gasteiger partial charge in [0.15, 0.2) is 0 Å². The Kier molecular flexibility index (Phi) is 3.82. The lowest BCUT2D eigenvalue weighted by atomic mass is 10.00. The maximum atomic E-state index is 9.83. The van der Waals surface area contributed by atoms with E-state index in [4.69, 9.17) is 10.2 Å². The highest BCUT2D eigenvalue weighted by Gasteiger charge is 2.25. The molecule has 5 heteroatoms. The number of aromatic nitrogens is 2. The van der Waals surface area contributed by atoms with E-state index < -0.39 is 6.10 Å². The van der Waals surface area contributed by atoms with Crippen molar-refractivity contribution in [3.63, 3.8) is 0 Å². The van der Waals surface area contributed by atoms with Crippen molar-refractivity contribution < 1.29 is 9.52 Å². The highest BCUT2D eigenvalue weighted by molar-refractivity contribution is 4.94. The molecule has 0 aromatic carbocycles. The second-order valence-corrected chi connectivity index (χ2v) is 4.40. The summed E-state index contributed by atoms with van der Waals surface area (Å²) in [5.41, 5.74) is 5.80. The summed E-state index contributed by atoms with van der Waals surface area (Å²) in [5, 5.41) is 17.5. The third-order valence-corrected chi connectivity index (χ3v) is 2.34. The third-order valence-electron chi connectivity index (χ3n) is 2.34. The molecule has 0 saturated carbocycles. The molecular weight excluding hydrogens is 194 g/mol. The molecule has 0 bridgehead atoms. The molecule has 0 saturated heterocycles. The van der Waals surface area contributed by atoms with Gasteiger partial charge >= 0.3 is 0 Å². The fourth-order valence-electron chi connectivity index (χ4n) is 1.13. The van der Waals surface area contributed by atoms with Crippen LogP contribution in [0.2, 0.25) is 0 Å². The number of rotatable bonds is 4. The van der Waals surface area contributed by atoms with Gasteiger partial charge < -0.3 is 15.3 Å². The van der Waals surface area contributed by atoms with Crippen molar-refractivity contribution >= 4 is 0 Å². The topological polar surface area (TPSA) is 85.2 Å². The summed E-state index contributed by atoms with van der Waals surface area (Å²) in [6.07, 6.45) is -0.884. The summed E-state index contributed by atoms with van der Waals surface area (Å²) in [7, 11) is 0. The third kappa shape index (κ3) is 2.76. The van der Waals surface area contributed by atoms with E-state index in [1.165, 1.54) is 0 Å². The first-order chi connectivity index (χ1) is 6.93. The Morgan fingerprint density at radius 1 is 1.13 bits per heavy atom. The summed E-state index contributed by atoms with van der Waals surface area (Å²) in [4.78, 5) is 0. The number of aliphatic hydroxyl groups excluding tert-OH is 1. The zero-order valence-corrected chi connectivity index (χ0v) is 9.64. The predicted molar refractivity (Wildman–Crippen MR) is 56.2 cm³/mol. The Morgan fingerprint density at radius 2 is 1.67 bits per heavy atom. The minimum Gasteiger partial charge on any atom is -0.422 e. The second-order valence-electron chi connectivity index (χ2n) is 4.40. The van der Waals surface area contributed by atoms with Crippen molar-refractivity contribution in [2.24, 2.45) is 11.7 Å². The van der Waals surface area contributed by atoms with Gasteiger partial charge in [-0.3, -0.25) is 0 Å². The molecule has 0 spiro atoms. The smallest absolute Gasteiger partial charge is 0.246 e. The number of hydrogen-bond acceptors (Lipinski definition) is 5. The van der Waals surface area contributed by atoms with E-state index in [2.05, 4.69) is 10.2 Å². The van der Waals surface area contributed by atoms with Crippen molar-refractivity contribution in [3.8, 4) is 0 Å². The molecule has 0 aliphatic heterocycles. The van der Waals surface area contributed by atoms with Crippen LogP contribution in [-0.4, -0.2) is 21.3 Å². The Bertz CT molecular complexity index is 309. The molecule has 1 heterocycles. The standard InChI is InChI=1S/C10H19N3O2/c1-5(2)7(11)8(14)10-13-12-9(15-10)6(3)4/h5-8,14H,11H2,1-4H3/t7-,8?/m0/s1. The summed E-state index contributed by atoms with van der Waals surface area (Å²) < 4.78 is 5.33. The average molecular weight is 213 g/mol. The molecule has 0 fully saturated rings. The van der Waals surface area contributed by atoms with Crippen molar-refractivity contribution in [1.82, 2.24) is 10.2 Å². The van der Waals surface area contributed by atoms with Gasteiger partial charge in [0.2, 0.25) is 11.8 Å². The quantitative estimate of drug-likeness (QED) is 0.785. The number of hydrogen-bond donors (Lipinski definition) is 2. The van der Waals surface area contributed by atoms with E-state index >= 15 is 0 Å². The maximum Gasteiger partial charge on any atom is 0.246 e. The summed E-state index contributed by atoms with van der Waals surface area (Å²) in [6.45, 7) is 7.78. The molecule has 0 aliphatic rings. The zero-order chi connectivity index (χ0) is 11.6. The van der Waals surface area contributed by atoms with Crippen molar-refractivity contribution in [2.75, 3.05) is 0 Å². The van der Waals surface area contributed by atoms with E-state index in [9.17, 15) is 5.11 Å². The number of nitrogens with zero attached hydrogens (tertiary/aromatic N) is 2. The lowest BCUT2D eigenvalue weighted by molar-refractivity contribution is 0.0956. The second kappa shape index (κ2) is 4.72. The first kappa shape index (κ1) is 12.1. The number of aliphatic hydroxyl groups is 1. The molecule has 1 unspecified atom stereocenters. The van der Waals surface area contributed by atoms with Gasteiger partial charge in [-0.2, -0.15) is 0 Å². The Labute approximate surface area is 89.7 Å². The molecule has 1 rings (SSSR count). The Hall–Kier alpha value is -0.940. The van der Waals surface area contributed by atoms with Gasteiger partial charge in [0.05, 0.1) is 0 Å². The van der Waals surface area contributed by atoms with Crippen LogP contribution in [0.3, 0.4) is 0 Å². The average Bonchev–Trinajstić information content (AvgIpc) is 2.64. The fraction of sp³-hybridized carbons (Fsp3) is 0.800. The van der Waals surface area contributed by atoms with Gasteiger partial charge in [-0.05, 0) is 5.92 Å². The van der Waals surface area contributed by atoms with Crippen LogP contribution in [0.4, 0.5) is 0 Å². The Morgan fingerprint density at radius 3 is 2.07 bits per heavy atom. The molecule has 0 radical (unpaired) electrons. The zero-order valence-electron chi connectivity index (χ0n) is 9.64. The lowest BCUT2D eigenvalue weighted by Gasteiger charge is -2.18. The first-order valence-corrected chi connectivity index (χ1v) is 5.20. The molecule has 0 aliphatic carbocycles. The van der Waals surface area contributed by atoms with Crippen LogP contribution in [0.1, 0.15) is 51.5 Å². The molecule has 1 aromatic heterocycles. The fourth-order valence-corrected chi connectivity index (χ4v) is 1.13. The molecule has 1 aromatic rings. The molecule has 86 valence electrons. The van der Waals surface area contributed by atoms with E-state index in [1.807, 2.05) is 27.7 Å². The lowest BCUT2D eigenvalue weighted by Crippen LogP contribution is -2.33. The highest BCUT2D eigenvalue weighted by Crippen LogP contribution is 2.21. The maximum absolute atomic E-state index is 9.83. The van der Waals surface area contributed by atoms with E-state index in [0.717, 1.165) is 0 Å². The van der Waals surface area contributed by atoms with Crippen LogP contribution in [0.15, 0.2) is 4.42 Å². The summed E-state index contributed by atoms with van der Waals surface area (Å²) in [6, 6.07) is -0.384. The minimum atomic E-state index is -0.884. The monoisotopic (exact) mass is 213 g/mol. The molecule has 0 amide bonds. The number of nitrogens with two attached hydrogens (primary N) is 1. The molecule has 15 heavy (non-hydrogen) atoms. The van der Waals surface area contributed by atoms with Gasteiger partial charge in [0, 0.05) is 12.0 Å². The summed E-state index contributed by atoms with van der Waals surface area (Å²) >= 11 is 0. The van der Waals surface area contributed by atoms with Gasteiger partial charge in [-0.1, -0.05) is 27.7 Å².